The van der Waals surface area contributed by atoms with Crippen molar-refractivity contribution in [2.24, 2.45) is 0 Å². The lowest BCUT2D eigenvalue weighted by atomic mass is 10.1. The van der Waals surface area contributed by atoms with E-state index in [0.717, 1.165) is 22.2 Å². The van der Waals surface area contributed by atoms with Crippen LogP contribution in [0.4, 0.5) is 10.5 Å². The molecule has 28 heavy (non-hydrogen) atoms. The summed E-state index contributed by atoms with van der Waals surface area (Å²) in [5.41, 5.74) is 1.63. The van der Waals surface area contributed by atoms with Crippen molar-refractivity contribution >= 4 is 58.0 Å². The number of thioether (sulfide) groups is 1. The van der Waals surface area contributed by atoms with Crippen LogP contribution in [0.5, 0.6) is 0 Å². The fourth-order valence-corrected chi connectivity index (χ4v) is 3.49. The van der Waals surface area contributed by atoms with E-state index in [9.17, 15) is 19.2 Å². The molecule has 1 N–H and O–H groups in total. The number of hydrogen-bond acceptors (Lipinski definition) is 5. The summed E-state index contributed by atoms with van der Waals surface area (Å²) in [5.74, 6) is -1.10. The zero-order valence-corrected chi connectivity index (χ0v) is 16.3. The molecule has 142 valence electrons. The van der Waals surface area contributed by atoms with Crippen LogP contribution < -0.4 is 5.32 Å². The van der Waals surface area contributed by atoms with Gasteiger partial charge in [-0.3, -0.25) is 24.1 Å². The number of imide groups is 1. The molecule has 0 atom stereocenters. The van der Waals surface area contributed by atoms with E-state index in [2.05, 4.69) is 5.32 Å². The third kappa shape index (κ3) is 4.68. The van der Waals surface area contributed by atoms with Crippen LogP contribution >= 0.6 is 23.4 Å². The van der Waals surface area contributed by atoms with Gasteiger partial charge in [-0.15, -0.1) is 0 Å². The first kappa shape index (κ1) is 19.9. The molecule has 2 aromatic rings. The van der Waals surface area contributed by atoms with Gasteiger partial charge in [0.1, 0.15) is 0 Å². The topological polar surface area (TPSA) is 83.6 Å². The number of hydrogen-bond donors (Lipinski definition) is 1. The van der Waals surface area contributed by atoms with Crippen molar-refractivity contribution in [1.29, 1.82) is 0 Å². The number of halogens is 1. The molecule has 2 aromatic carbocycles. The second kappa shape index (κ2) is 8.41. The molecule has 0 bridgehead atoms. The first-order valence-electron chi connectivity index (χ1n) is 8.25. The van der Waals surface area contributed by atoms with Gasteiger partial charge in [0.05, 0.1) is 11.4 Å². The van der Waals surface area contributed by atoms with Gasteiger partial charge in [0, 0.05) is 23.2 Å². The van der Waals surface area contributed by atoms with E-state index in [1.807, 2.05) is 0 Å². The highest BCUT2D eigenvalue weighted by Gasteiger charge is 2.36. The molecule has 8 heteroatoms. The van der Waals surface area contributed by atoms with Crippen molar-refractivity contribution in [2.45, 2.75) is 6.92 Å². The summed E-state index contributed by atoms with van der Waals surface area (Å²) in [6, 6.07) is 13.1. The van der Waals surface area contributed by atoms with Gasteiger partial charge in [-0.05, 0) is 59.8 Å². The zero-order valence-electron chi connectivity index (χ0n) is 14.8. The van der Waals surface area contributed by atoms with E-state index < -0.39 is 11.1 Å². The van der Waals surface area contributed by atoms with Gasteiger partial charge in [0.25, 0.3) is 11.1 Å². The average Bonchev–Trinajstić information content (AvgIpc) is 2.91. The third-order valence-electron chi connectivity index (χ3n) is 3.87. The molecule has 3 rings (SSSR count). The van der Waals surface area contributed by atoms with E-state index in [4.69, 9.17) is 11.6 Å². The van der Waals surface area contributed by atoms with Crippen LogP contribution in [0.2, 0.25) is 5.02 Å². The number of anilines is 1. The van der Waals surface area contributed by atoms with Crippen LogP contribution in [0.3, 0.4) is 0 Å². The SMILES string of the molecule is CC(=O)Nc1ccc(C(=O)CN2C(=O)S/C(=C\c3ccc(Cl)cc3)C2=O)cc1. The molecule has 0 unspecified atom stereocenters. The Bertz CT molecular complexity index is 984. The molecule has 0 aliphatic carbocycles. The Morgan fingerprint density at radius 1 is 1.07 bits per heavy atom. The summed E-state index contributed by atoms with van der Waals surface area (Å²) in [7, 11) is 0. The largest absolute Gasteiger partial charge is 0.326 e. The molecule has 0 saturated carbocycles. The van der Waals surface area contributed by atoms with Crippen LogP contribution in [0.15, 0.2) is 53.4 Å². The predicted octanol–water partition coefficient (Wildman–Crippen LogP) is 4.22. The van der Waals surface area contributed by atoms with Crippen molar-refractivity contribution in [1.82, 2.24) is 4.90 Å². The Morgan fingerprint density at radius 3 is 2.32 bits per heavy atom. The minimum atomic E-state index is -0.506. The highest BCUT2D eigenvalue weighted by atomic mass is 35.5. The van der Waals surface area contributed by atoms with Gasteiger partial charge in [0.2, 0.25) is 5.91 Å². The molecule has 1 aliphatic heterocycles. The fourth-order valence-electron chi connectivity index (χ4n) is 2.52. The lowest BCUT2D eigenvalue weighted by Crippen LogP contribution is -2.33. The molecule has 3 amide bonds. The van der Waals surface area contributed by atoms with E-state index >= 15 is 0 Å². The first-order chi connectivity index (χ1) is 13.3. The van der Waals surface area contributed by atoms with Crippen molar-refractivity contribution in [3.8, 4) is 0 Å². The van der Waals surface area contributed by atoms with Gasteiger partial charge in [0.15, 0.2) is 5.78 Å². The molecule has 0 aromatic heterocycles. The number of ketones is 1. The quantitative estimate of drug-likeness (QED) is 0.585. The van der Waals surface area contributed by atoms with Crippen LogP contribution in [-0.2, 0) is 9.59 Å². The first-order valence-corrected chi connectivity index (χ1v) is 9.45. The summed E-state index contributed by atoms with van der Waals surface area (Å²) in [6.45, 7) is 1.04. The van der Waals surface area contributed by atoms with E-state index in [1.54, 1.807) is 42.5 Å². The smallest absolute Gasteiger partial charge is 0.293 e. The Labute approximate surface area is 170 Å². The number of nitrogens with zero attached hydrogens (tertiary/aromatic N) is 1. The Balaban J connectivity index is 1.70. The summed E-state index contributed by atoms with van der Waals surface area (Å²) in [6.07, 6.45) is 1.59. The highest BCUT2D eigenvalue weighted by molar-refractivity contribution is 8.18. The average molecular weight is 415 g/mol. The number of carbonyl (C=O) groups excluding carboxylic acids is 4. The Kier molecular flexibility index (Phi) is 5.96. The standard InChI is InChI=1S/C20H15ClN2O4S/c1-12(24)22-16-8-4-14(5-9-16)17(25)11-23-19(26)18(28-20(23)27)10-13-2-6-15(21)7-3-13/h2-10H,11H2,1H3,(H,22,24)/b18-10-. The van der Waals surface area contributed by atoms with Gasteiger partial charge < -0.3 is 5.32 Å². The van der Waals surface area contributed by atoms with Crippen molar-refractivity contribution in [3.05, 3.63) is 69.6 Å². The number of benzene rings is 2. The number of carbonyl (C=O) groups is 4. The number of nitrogens with one attached hydrogen (secondary N) is 1. The monoisotopic (exact) mass is 414 g/mol. The van der Waals surface area contributed by atoms with Crippen LogP contribution in [-0.4, -0.2) is 34.3 Å². The zero-order chi connectivity index (χ0) is 20.3. The maximum absolute atomic E-state index is 12.5. The molecule has 1 saturated heterocycles. The minimum absolute atomic E-state index is 0.218. The molecule has 6 nitrogen and oxygen atoms in total. The predicted molar refractivity (Wildman–Crippen MR) is 109 cm³/mol. The summed E-state index contributed by atoms with van der Waals surface area (Å²) < 4.78 is 0. The maximum atomic E-state index is 12.5. The Morgan fingerprint density at radius 2 is 1.71 bits per heavy atom. The highest BCUT2D eigenvalue weighted by Crippen LogP contribution is 2.32. The molecule has 0 radical (unpaired) electrons. The lowest BCUT2D eigenvalue weighted by Gasteiger charge is -2.11. The molecular weight excluding hydrogens is 400 g/mol. The van der Waals surface area contributed by atoms with E-state index in [-0.39, 0.29) is 23.1 Å². The lowest BCUT2D eigenvalue weighted by molar-refractivity contribution is -0.122. The van der Waals surface area contributed by atoms with Crippen LogP contribution in [0.1, 0.15) is 22.8 Å². The summed E-state index contributed by atoms with van der Waals surface area (Å²) in [4.78, 5) is 49.4. The van der Waals surface area contributed by atoms with E-state index in [0.29, 0.717) is 16.3 Å². The van der Waals surface area contributed by atoms with Gasteiger partial charge >= 0.3 is 0 Å². The number of amides is 3. The third-order valence-corrected chi connectivity index (χ3v) is 5.03. The number of Topliss-reactive ketones (excluding diaryl/α,β-unsaturated/α-hetero) is 1. The number of rotatable bonds is 5. The van der Waals surface area contributed by atoms with Crippen LogP contribution in [0.25, 0.3) is 6.08 Å². The molecule has 1 heterocycles. The fraction of sp³-hybridized carbons (Fsp3) is 0.100. The molecule has 1 fully saturated rings. The van der Waals surface area contributed by atoms with Crippen molar-refractivity contribution < 1.29 is 19.2 Å². The molecule has 0 spiro atoms. The van der Waals surface area contributed by atoms with Crippen molar-refractivity contribution in [3.63, 3.8) is 0 Å². The second-order valence-corrected chi connectivity index (χ2v) is 7.43. The Hall–Kier alpha value is -2.90. The maximum Gasteiger partial charge on any atom is 0.293 e. The molecular formula is C20H15ClN2O4S. The van der Waals surface area contributed by atoms with Gasteiger partial charge in [-0.25, -0.2) is 0 Å². The van der Waals surface area contributed by atoms with Gasteiger partial charge in [-0.1, -0.05) is 23.7 Å². The summed E-state index contributed by atoms with van der Waals surface area (Å²) >= 11 is 6.63. The molecule has 1 aliphatic rings. The van der Waals surface area contributed by atoms with E-state index in [1.165, 1.54) is 19.1 Å². The van der Waals surface area contributed by atoms with Crippen LogP contribution in [0, 0.1) is 0 Å². The normalized spacial score (nSPS) is 15.2. The van der Waals surface area contributed by atoms with Crippen molar-refractivity contribution in [2.75, 3.05) is 11.9 Å². The minimum Gasteiger partial charge on any atom is -0.326 e. The van der Waals surface area contributed by atoms with Gasteiger partial charge in [-0.2, -0.15) is 0 Å². The summed E-state index contributed by atoms with van der Waals surface area (Å²) in [5, 5.41) is 2.68. The second-order valence-electron chi connectivity index (χ2n) is 6.00.